The number of aromatic nitrogens is 3. The normalized spacial score (nSPS) is 30.5. The lowest BCUT2D eigenvalue weighted by Crippen LogP contribution is -2.59. The zero-order valence-electron chi connectivity index (χ0n) is 22.1. The topological polar surface area (TPSA) is 127 Å². The van der Waals surface area contributed by atoms with Crippen LogP contribution in [-0.4, -0.2) is 90.7 Å². The van der Waals surface area contributed by atoms with Gasteiger partial charge in [-0.3, -0.25) is 14.4 Å². The van der Waals surface area contributed by atoms with E-state index in [-0.39, 0.29) is 38.2 Å². The molecule has 2 bridgehead atoms. The van der Waals surface area contributed by atoms with Crippen molar-refractivity contribution in [2.75, 3.05) is 19.8 Å². The van der Waals surface area contributed by atoms with Gasteiger partial charge in [-0.15, -0.1) is 11.7 Å². The summed E-state index contributed by atoms with van der Waals surface area (Å²) in [4.78, 5) is 44.7. The van der Waals surface area contributed by atoms with E-state index in [0.29, 0.717) is 24.8 Å². The first-order chi connectivity index (χ1) is 18.3. The van der Waals surface area contributed by atoms with E-state index < -0.39 is 41.1 Å². The molecule has 0 radical (unpaired) electrons. The van der Waals surface area contributed by atoms with E-state index in [2.05, 4.69) is 16.9 Å². The van der Waals surface area contributed by atoms with Crippen molar-refractivity contribution in [2.45, 2.75) is 70.0 Å². The molecule has 3 aliphatic heterocycles. The van der Waals surface area contributed by atoms with E-state index in [0.717, 1.165) is 5.52 Å². The average Bonchev–Trinajstić information content (AvgIpc) is 3.61. The van der Waals surface area contributed by atoms with Crippen molar-refractivity contribution in [3.63, 3.8) is 0 Å². The van der Waals surface area contributed by atoms with Gasteiger partial charge in [0.05, 0.1) is 36.3 Å². The van der Waals surface area contributed by atoms with Crippen molar-refractivity contribution in [2.24, 2.45) is 11.8 Å². The monoisotopic (exact) mass is 525 g/mol. The Bertz CT molecular complexity index is 1260. The molecule has 6 atom stereocenters. The van der Waals surface area contributed by atoms with Crippen LogP contribution in [0.5, 0.6) is 0 Å². The molecule has 1 spiro atoms. The summed E-state index contributed by atoms with van der Waals surface area (Å²) in [5.74, 6) is -2.88. The first-order valence-corrected chi connectivity index (χ1v) is 13.2. The van der Waals surface area contributed by atoms with Crippen LogP contribution in [0.1, 0.15) is 40.0 Å². The number of rotatable bonds is 10. The van der Waals surface area contributed by atoms with Gasteiger partial charge in [-0.05, 0) is 45.2 Å². The summed E-state index contributed by atoms with van der Waals surface area (Å²) in [5, 5.41) is 18.6. The number of ether oxygens (including phenoxy) is 2. The van der Waals surface area contributed by atoms with Gasteiger partial charge in [0.15, 0.2) is 0 Å². The van der Waals surface area contributed by atoms with Crippen LogP contribution in [0.25, 0.3) is 11.0 Å². The van der Waals surface area contributed by atoms with Gasteiger partial charge in [0, 0.05) is 6.54 Å². The number of likely N-dealkylation sites (tertiary alicyclic amines) is 1. The Kier molecular flexibility index (Phi) is 6.77. The lowest BCUT2D eigenvalue weighted by molar-refractivity contribution is -0.162. The first-order valence-electron chi connectivity index (χ1n) is 13.2. The number of hydrogen-bond donors (Lipinski definition) is 1. The minimum atomic E-state index is -1.20. The standard InChI is InChI=1S/C27H35N5O6/c1-5-14-30(16-31-19-11-9-8-10-18(19)28-29-31)24(35)22-27-13-12-26(4,38-27)21(25(36)37-7-3)20(27)23(34)32(22)17(6-2)15-33/h5,8-11,17,20-22,33H,1,6-7,12-16H2,2-4H3/t17-,20-,21-,22?,26+,27?/m0/s1. The summed E-state index contributed by atoms with van der Waals surface area (Å²) in [5.41, 5.74) is -0.653. The molecule has 2 amide bonds. The molecule has 2 unspecified atom stereocenters. The third kappa shape index (κ3) is 3.74. The quantitative estimate of drug-likeness (QED) is 0.365. The molecule has 1 N–H and O–H groups in total. The molecule has 5 rings (SSSR count). The second kappa shape index (κ2) is 9.77. The van der Waals surface area contributed by atoms with Gasteiger partial charge in [-0.1, -0.05) is 30.3 Å². The largest absolute Gasteiger partial charge is 0.466 e. The summed E-state index contributed by atoms with van der Waals surface area (Å²) in [7, 11) is 0. The van der Waals surface area contributed by atoms with E-state index in [1.807, 2.05) is 38.1 Å². The van der Waals surface area contributed by atoms with Crippen LogP contribution in [0.15, 0.2) is 36.9 Å². The lowest BCUT2D eigenvalue weighted by Gasteiger charge is -2.39. The number of benzene rings is 1. The fourth-order valence-electron chi connectivity index (χ4n) is 6.77. The zero-order chi connectivity index (χ0) is 27.2. The fourth-order valence-corrected chi connectivity index (χ4v) is 6.77. The Labute approximate surface area is 221 Å². The summed E-state index contributed by atoms with van der Waals surface area (Å²) in [6, 6.07) is 5.83. The molecule has 11 heteroatoms. The maximum Gasteiger partial charge on any atom is 0.312 e. The molecule has 0 aliphatic carbocycles. The molecule has 38 heavy (non-hydrogen) atoms. The number of carbonyl (C=O) groups is 3. The van der Waals surface area contributed by atoms with E-state index >= 15 is 0 Å². The van der Waals surface area contributed by atoms with Gasteiger partial charge in [0.2, 0.25) is 11.8 Å². The van der Waals surface area contributed by atoms with Gasteiger partial charge in [-0.2, -0.15) is 0 Å². The SMILES string of the molecule is C=CCN(Cn1nnc2ccccc21)C(=O)C1N([C@@H](CC)CO)C(=O)[C@@H]2[C@@H](C(=O)OCC)[C@@]3(C)CCC12O3. The third-order valence-electron chi connectivity index (χ3n) is 8.45. The van der Waals surface area contributed by atoms with Crippen molar-refractivity contribution in [3.8, 4) is 0 Å². The predicted molar refractivity (Wildman–Crippen MR) is 136 cm³/mol. The molecule has 204 valence electrons. The van der Waals surface area contributed by atoms with Gasteiger partial charge in [-0.25, -0.2) is 4.68 Å². The van der Waals surface area contributed by atoms with Crippen LogP contribution in [0.4, 0.5) is 0 Å². The number of aliphatic hydroxyl groups excluding tert-OH is 1. The number of esters is 1. The molecule has 11 nitrogen and oxygen atoms in total. The highest BCUT2D eigenvalue weighted by Gasteiger charge is 2.79. The first kappa shape index (κ1) is 26.3. The van der Waals surface area contributed by atoms with Crippen molar-refractivity contribution in [1.82, 2.24) is 24.8 Å². The van der Waals surface area contributed by atoms with Crippen molar-refractivity contribution >= 4 is 28.8 Å². The van der Waals surface area contributed by atoms with Crippen molar-refractivity contribution in [3.05, 3.63) is 36.9 Å². The summed E-state index contributed by atoms with van der Waals surface area (Å²) in [6.45, 7) is 9.37. The molecule has 3 aliphatic rings. The highest BCUT2D eigenvalue weighted by Crippen LogP contribution is 2.63. The smallest absolute Gasteiger partial charge is 0.312 e. The number of aliphatic hydroxyl groups is 1. The Morgan fingerprint density at radius 1 is 1.34 bits per heavy atom. The van der Waals surface area contributed by atoms with Gasteiger partial charge in [0.1, 0.15) is 29.7 Å². The number of nitrogens with zero attached hydrogens (tertiary/aromatic N) is 5. The van der Waals surface area contributed by atoms with Gasteiger partial charge >= 0.3 is 5.97 Å². The van der Waals surface area contributed by atoms with Crippen LogP contribution in [0.2, 0.25) is 0 Å². The number of amides is 2. The van der Waals surface area contributed by atoms with E-state index in [1.54, 1.807) is 22.6 Å². The molecule has 1 aromatic carbocycles. The highest BCUT2D eigenvalue weighted by atomic mass is 16.6. The van der Waals surface area contributed by atoms with E-state index in [9.17, 15) is 19.5 Å². The van der Waals surface area contributed by atoms with Crippen LogP contribution in [0, 0.1) is 11.8 Å². The van der Waals surface area contributed by atoms with E-state index in [1.165, 1.54) is 4.90 Å². The third-order valence-corrected chi connectivity index (χ3v) is 8.45. The molecule has 1 aromatic heterocycles. The molecule has 0 saturated carbocycles. The number of fused-ring (bicyclic) bond motifs is 2. The van der Waals surface area contributed by atoms with Gasteiger partial charge in [0.25, 0.3) is 0 Å². The van der Waals surface area contributed by atoms with Crippen LogP contribution < -0.4 is 0 Å². The predicted octanol–water partition coefficient (Wildman–Crippen LogP) is 1.50. The second-order valence-electron chi connectivity index (χ2n) is 10.5. The lowest BCUT2D eigenvalue weighted by atomic mass is 9.66. The Hall–Kier alpha value is -3.31. The minimum absolute atomic E-state index is 0.0825. The molecule has 2 aromatic rings. The summed E-state index contributed by atoms with van der Waals surface area (Å²) in [6.07, 6.45) is 3.01. The maximum absolute atomic E-state index is 14.5. The van der Waals surface area contributed by atoms with Crippen LogP contribution >= 0.6 is 0 Å². The number of hydrogen-bond acceptors (Lipinski definition) is 8. The number of carbonyl (C=O) groups excluding carboxylic acids is 3. The second-order valence-corrected chi connectivity index (χ2v) is 10.5. The average molecular weight is 526 g/mol. The fraction of sp³-hybridized carbons (Fsp3) is 0.593. The van der Waals surface area contributed by atoms with Crippen molar-refractivity contribution < 1.29 is 29.0 Å². The van der Waals surface area contributed by atoms with E-state index in [4.69, 9.17) is 9.47 Å². The van der Waals surface area contributed by atoms with Crippen LogP contribution in [0.3, 0.4) is 0 Å². The number of para-hydroxylation sites is 1. The van der Waals surface area contributed by atoms with Gasteiger partial charge < -0.3 is 24.4 Å². The molecule has 4 heterocycles. The van der Waals surface area contributed by atoms with Crippen LogP contribution in [-0.2, 0) is 30.5 Å². The molecular weight excluding hydrogens is 490 g/mol. The zero-order valence-corrected chi connectivity index (χ0v) is 22.1. The Balaban J connectivity index is 1.57. The molecule has 3 fully saturated rings. The minimum Gasteiger partial charge on any atom is -0.466 e. The summed E-state index contributed by atoms with van der Waals surface area (Å²) >= 11 is 0. The summed E-state index contributed by atoms with van der Waals surface area (Å²) < 4.78 is 13.6. The Morgan fingerprint density at radius 2 is 2.11 bits per heavy atom. The molecule has 3 saturated heterocycles. The Morgan fingerprint density at radius 3 is 2.79 bits per heavy atom. The van der Waals surface area contributed by atoms with Crippen molar-refractivity contribution in [1.29, 1.82) is 0 Å². The highest BCUT2D eigenvalue weighted by molar-refractivity contribution is 5.98. The maximum atomic E-state index is 14.5. The molecular formula is C27H35N5O6.